The minimum absolute atomic E-state index is 0.0545. The number of nitrogens with zero attached hydrogens (tertiary/aromatic N) is 1. The molecular formula is C13H17N3O. The lowest BCUT2D eigenvalue weighted by atomic mass is 9.94. The smallest absolute Gasteiger partial charge is 0.101 e. The van der Waals surface area contributed by atoms with Gasteiger partial charge in [0.15, 0.2) is 0 Å². The zero-order chi connectivity index (χ0) is 12.3. The maximum absolute atomic E-state index is 8.93. The average molecular weight is 231 g/mol. The van der Waals surface area contributed by atoms with Crippen molar-refractivity contribution in [1.29, 1.82) is 5.26 Å². The van der Waals surface area contributed by atoms with E-state index in [0.717, 1.165) is 25.1 Å². The fraction of sp³-hybridized carbons (Fsp3) is 0.462. The third-order valence-electron chi connectivity index (χ3n) is 3.06. The molecular weight excluding hydrogens is 214 g/mol. The van der Waals surface area contributed by atoms with Crippen LogP contribution in [0.4, 0.5) is 11.4 Å². The molecule has 1 aliphatic heterocycles. The molecule has 0 amide bonds. The van der Waals surface area contributed by atoms with Crippen LogP contribution in [0.1, 0.15) is 25.3 Å². The summed E-state index contributed by atoms with van der Waals surface area (Å²) in [6.45, 7) is 3.66. The van der Waals surface area contributed by atoms with Crippen molar-refractivity contribution in [3.05, 3.63) is 23.8 Å². The number of rotatable bonds is 2. The molecule has 4 heteroatoms. The van der Waals surface area contributed by atoms with Crippen LogP contribution in [0.3, 0.4) is 0 Å². The third-order valence-corrected chi connectivity index (χ3v) is 3.06. The topological polar surface area (TPSA) is 71.1 Å². The molecule has 1 aromatic carbocycles. The zero-order valence-corrected chi connectivity index (χ0v) is 9.99. The first-order valence-electron chi connectivity index (χ1n) is 5.78. The van der Waals surface area contributed by atoms with Crippen LogP contribution in [0.15, 0.2) is 18.2 Å². The molecule has 0 spiro atoms. The second-order valence-corrected chi connectivity index (χ2v) is 4.76. The fourth-order valence-corrected chi connectivity index (χ4v) is 2.11. The van der Waals surface area contributed by atoms with Gasteiger partial charge in [0.05, 0.1) is 17.7 Å². The van der Waals surface area contributed by atoms with Crippen molar-refractivity contribution < 1.29 is 4.74 Å². The van der Waals surface area contributed by atoms with Gasteiger partial charge < -0.3 is 15.8 Å². The Labute approximate surface area is 101 Å². The summed E-state index contributed by atoms with van der Waals surface area (Å²) in [6, 6.07) is 7.53. The van der Waals surface area contributed by atoms with Gasteiger partial charge in [0, 0.05) is 18.0 Å². The van der Waals surface area contributed by atoms with Crippen LogP contribution >= 0.6 is 0 Å². The molecule has 1 aliphatic rings. The molecule has 1 aromatic rings. The largest absolute Gasteiger partial charge is 0.398 e. The molecule has 1 fully saturated rings. The Bertz CT molecular complexity index is 444. The summed E-state index contributed by atoms with van der Waals surface area (Å²) in [7, 11) is 0. The average Bonchev–Trinajstić information content (AvgIpc) is 2.32. The van der Waals surface area contributed by atoms with Gasteiger partial charge in [0.25, 0.3) is 0 Å². The number of nitrogens with one attached hydrogen (secondary N) is 1. The van der Waals surface area contributed by atoms with Gasteiger partial charge in [-0.3, -0.25) is 0 Å². The van der Waals surface area contributed by atoms with Crippen molar-refractivity contribution in [1.82, 2.24) is 0 Å². The van der Waals surface area contributed by atoms with Crippen molar-refractivity contribution in [2.75, 3.05) is 24.3 Å². The van der Waals surface area contributed by atoms with Gasteiger partial charge in [0.1, 0.15) is 6.07 Å². The summed E-state index contributed by atoms with van der Waals surface area (Å²) < 4.78 is 5.49. The van der Waals surface area contributed by atoms with Crippen LogP contribution in [0.25, 0.3) is 0 Å². The van der Waals surface area contributed by atoms with Crippen LogP contribution < -0.4 is 11.1 Å². The molecule has 1 heterocycles. The van der Waals surface area contributed by atoms with E-state index in [1.54, 1.807) is 12.1 Å². The molecule has 17 heavy (non-hydrogen) atoms. The molecule has 1 unspecified atom stereocenters. The standard InChI is InChI=1S/C13H17N3O/c1-13(5-2-6-17-9-13)16-11-3-4-12(15)10(7-11)8-14/h3-4,7,16H,2,5-6,9,15H2,1H3. The van der Waals surface area contributed by atoms with E-state index in [1.165, 1.54) is 0 Å². The molecule has 0 bridgehead atoms. The normalized spacial score (nSPS) is 24.0. The van der Waals surface area contributed by atoms with Gasteiger partial charge in [-0.15, -0.1) is 0 Å². The molecule has 1 atom stereocenters. The number of nitrogens with two attached hydrogens (primary N) is 1. The lowest BCUT2D eigenvalue weighted by molar-refractivity contribution is 0.0540. The predicted octanol–water partition coefficient (Wildman–Crippen LogP) is 2.12. The third kappa shape index (κ3) is 2.69. The van der Waals surface area contributed by atoms with Gasteiger partial charge in [-0.25, -0.2) is 0 Å². The Kier molecular flexibility index (Phi) is 3.21. The second kappa shape index (κ2) is 4.64. The predicted molar refractivity (Wildman–Crippen MR) is 67.7 cm³/mol. The number of ether oxygens (including phenoxy) is 1. The summed E-state index contributed by atoms with van der Waals surface area (Å²) in [6.07, 6.45) is 2.13. The van der Waals surface area contributed by atoms with Crippen molar-refractivity contribution in [3.63, 3.8) is 0 Å². The first kappa shape index (κ1) is 11.7. The Morgan fingerprint density at radius 3 is 3.00 bits per heavy atom. The number of benzene rings is 1. The van der Waals surface area contributed by atoms with Gasteiger partial charge >= 0.3 is 0 Å². The Morgan fingerprint density at radius 1 is 1.53 bits per heavy atom. The van der Waals surface area contributed by atoms with Gasteiger partial charge in [-0.1, -0.05) is 0 Å². The van der Waals surface area contributed by atoms with Gasteiger partial charge in [-0.05, 0) is 38.0 Å². The highest BCUT2D eigenvalue weighted by Crippen LogP contribution is 2.25. The first-order valence-corrected chi connectivity index (χ1v) is 5.78. The number of nitrogen functional groups attached to an aromatic ring is 1. The Balaban J connectivity index is 2.15. The molecule has 0 aliphatic carbocycles. The van der Waals surface area contributed by atoms with E-state index < -0.39 is 0 Å². The van der Waals surface area contributed by atoms with Crippen molar-refractivity contribution in [2.45, 2.75) is 25.3 Å². The van der Waals surface area contributed by atoms with Crippen LogP contribution in [-0.4, -0.2) is 18.8 Å². The first-order chi connectivity index (χ1) is 8.13. The molecule has 0 saturated carbocycles. The summed E-state index contributed by atoms with van der Waals surface area (Å²) in [5.41, 5.74) is 7.58. The molecule has 2 rings (SSSR count). The van der Waals surface area contributed by atoms with Crippen molar-refractivity contribution in [2.24, 2.45) is 0 Å². The van der Waals surface area contributed by atoms with Crippen molar-refractivity contribution >= 4 is 11.4 Å². The van der Waals surface area contributed by atoms with Gasteiger partial charge in [-0.2, -0.15) is 5.26 Å². The van der Waals surface area contributed by atoms with E-state index in [0.29, 0.717) is 17.9 Å². The fourth-order valence-electron chi connectivity index (χ4n) is 2.11. The molecule has 90 valence electrons. The molecule has 0 aromatic heterocycles. The van der Waals surface area contributed by atoms with E-state index in [-0.39, 0.29) is 5.54 Å². The SMILES string of the molecule is CC1(Nc2ccc(N)c(C#N)c2)CCCOC1. The maximum atomic E-state index is 8.93. The molecule has 1 saturated heterocycles. The summed E-state index contributed by atoms with van der Waals surface area (Å²) in [4.78, 5) is 0. The highest BCUT2D eigenvalue weighted by Gasteiger charge is 2.27. The number of hydrogen-bond donors (Lipinski definition) is 2. The lowest BCUT2D eigenvalue weighted by Crippen LogP contribution is -2.43. The van der Waals surface area contributed by atoms with E-state index in [1.807, 2.05) is 6.07 Å². The number of anilines is 2. The molecule has 4 nitrogen and oxygen atoms in total. The minimum Gasteiger partial charge on any atom is -0.398 e. The van der Waals surface area contributed by atoms with E-state index in [4.69, 9.17) is 15.7 Å². The summed E-state index contributed by atoms with van der Waals surface area (Å²) >= 11 is 0. The molecule has 3 N–H and O–H groups in total. The Morgan fingerprint density at radius 2 is 2.35 bits per heavy atom. The molecule has 0 radical (unpaired) electrons. The van der Waals surface area contributed by atoms with E-state index >= 15 is 0 Å². The van der Waals surface area contributed by atoms with Gasteiger partial charge in [0.2, 0.25) is 0 Å². The minimum atomic E-state index is -0.0545. The number of hydrogen-bond acceptors (Lipinski definition) is 4. The highest BCUT2D eigenvalue weighted by atomic mass is 16.5. The van der Waals surface area contributed by atoms with Crippen molar-refractivity contribution in [3.8, 4) is 6.07 Å². The highest BCUT2D eigenvalue weighted by molar-refractivity contribution is 5.62. The zero-order valence-electron chi connectivity index (χ0n) is 9.99. The lowest BCUT2D eigenvalue weighted by Gasteiger charge is -2.35. The van der Waals surface area contributed by atoms with Crippen LogP contribution in [0.5, 0.6) is 0 Å². The summed E-state index contributed by atoms with van der Waals surface area (Å²) in [5, 5.41) is 12.4. The quantitative estimate of drug-likeness (QED) is 0.765. The maximum Gasteiger partial charge on any atom is 0.101 e. The monoisotopic (exact) mass is 231 g/mol. The van der Waals surface area contributed by atoms with Crippen LogP contribution in [0.2, 0.25) is 0 Å². The van der Waals surface area contributed by atoms with Crippen LogP contribution in [0, 0.1) is 11.3 Å². The Hall–Kier alpha value is -1.73. The van der Waals surface area contributed by atoms with Crippen LogP contribution in [-0.2, 0) is 4.74 Å². The van der Waals surface area contributed by atoms with E-state index in [2.05, 4.69) is 18.3 Å². The van der Waals surface area contributed by atoms with E-state index in [9.17, 15) is 0 Å². The second-order valence-electron chi connectivity index (χ2n) is 4.76. The summed E-state index contributed by atoms with van der Waals surface area (Å²) in [5.74, 6) is 0. The number of nitriles is 1.